The molecule has 1 aromatic carbocycles. The Bertz CT molecular complexity index is 463. The highest BCUT2D eigenvalue weighted by atomic mass is 32.1. The van der Waals surface area contributed by atoms with Gasteiger partial charge in [0.1, 0.15) is 5.82 Å². The smallest absolute Gasteiger partial charge is 0.171 e. The number of benzene rings is 1. The molecule has 4 heteroatoms. The molecule has 1 aromatic rings. The molecule has 96 valence electrons. The summed E-state index contributed by atoms with van der Waals surface area (Å²) in [5, 5.41) is 6.82. The number of anilines is 1. The molecule has 0 aliphatic heterocycles. The summed E-state index contributed by atoms with van der Waals surface area (Å²) in [5.74, 6) is 1.37. The van der Waals surface area contributed by atoms with Gasteiger partial charge in [0.25, 0.3) is 0 Å². The first-order valence-corrected chi connectivity index (χ1v) is 6.95. The van der Waals surface area contributed by atoms with Gasteiger partial charge < -0.3 is 10.6 Å². The predicted molar refractivity (Wildman–Crippen MR) is 75.0 cm³/mol. The van der Waals surface area contributed by atoms with Crippen LogP contribution in [0.4, 0.5) is 10.1 Å². The Labute approximate surface area is 112 Å². The van der Waals surface area contributed by atoms with E-state index < -0.39 is 0 Å². The second-order valence-electron chi connectivity index (χ2n) is 5.36. The van der Waals surface area contributed by atoms with E-state index in [2.05, 4.69) is 10.6 Å². The van der Waals surface area contributed by atoms with Crippen molar-refractivity contribution in [3.8, 4) is 0 Å². The number of thiocarbonyl (C=S) groups is 1. The van der Waals surface area contributed by atoms with Gasteiger partial charge in [0.05, 0.1) is 5.69 Å². The van der Waals surface area contributed by atoms with Gasteiger partial charge in [-0.05, 0) is 55.4 Å². The molecule has 0 amide bonds. The Hall–Kier alpha value is -1.16. The molecule has 3 rings (SSSR count). The Kier molecular flexibility index (Phi) is 3.20. The Morgan fingerprint density at radius 1 is 1.22 bits per heavy atom. The van der Waals surface area contributed by atoms with Crippen molar-refractivity contribution in [2.45, 2.75) is 31.7 Å². The van der Waals surface area contributed by atoms with Crippen molar-refractivity contribution >= 4 is 23.0 Å². The first kappa shape index (κ1) is 11.9. The molecule has 0 radical (unpaired) electrons. The molecule has 18 heavy (non-hydrogen) atoms. The fourth-order valence-electron chi connectivity index (χ4n) is 3.31. The maximum atomic E-state index is 13.5. The second kappa shape index (κ2) is 4.84. The summed E-state index contributed by atoms with van der Waals surface area (Å²) >= 11 is 5.26. The highest BCUT2D eigenvalue weighted by Gasteiger charge is 2.39. The SMILES string of the molecule is Fc1ccccc1NC(=S)N[C@H]1C[C@H]2CC[C@@H]1C2. The third-order valence-corrected chi connectivity index (χ3v) is 4.40. The second-order valence-corrected chi connectivity index (χ2v) is 5.77. The van der Waals surface area contributed by atoms with Crippen molar-refractivity contribution in [2.75, 3.05) is 5.32 Å². The van der Waals surface area contributed by atoms with E-state index in [9.17, 15) is 4.39 Å². The Morgan fingerprint density at radius 2 is 2.06 bits per heavy atom. The number of halogens is 1. The van der Waals surface area contributed by atoms with Gasteiger partial charge >= 0.3 is 0 Å². The Balaban J connectivity index is 1.58. The molecule has 2 saturated carbocycles. The fraction of sp³-hybridized carbons (Fsp3) is 0.500. The van der Waals surface area contributed by atoms with Crippen LogP contribution in [0.25, 0.3) is 0 Å². The average molecular weight is 264 g/mol. The zero-order valence-electron chi connectivity index (χ0n) is 10.2. The number of fused-ring (bicyclic) bond motifs is 2. The lowest BCUT2D eigenvalue weighted by molar-refractivity contribution is 0.391. The number of hydrogen-bond donors (Lipinski definition) is 2. The van der Waals surface area contributed by atoms with Crippen LogP contribution in [0, 0.1) is 17.7 Å². The quantitative estimate of drug-likeness (QED) is 0.801. The van der Waals surface area contributed by atoms with Crippen LogP contribution in [0.5, 0.6) is 0 Å². The third-order valence-electron chi connectivity index (χ3n) is 4.18. The lowest BCUT2D eigenvalue weighted by atomic mass is 9.96. The van der Waals surface area contributed by atoms with Crippen LogP contribution in [0.1, 0.15) is 25.7 Å². The minimum atomic E-state index is -0.269. The fourth-order valence-corrected chi connectivity index (χ4v) is 3.57. The van der Waals surface area contributed by atoms with Crippen LogP contribution >= 0.6 is 12.2 Å². The summed E-state index contributed by atoms with van der Waals surface area (Å²) in [4.78, 5) is 0. The van der Waals surface area contributed by atoms with E-state index in [-0.39, 0.29) is 5.82 Å². The van der Waals surface area contributed by atoms with Crippen molar-refractivity contribution < 1.29 is 4.39 Å². The minimum absolute atomic E-state index is 0.269. The first-order chi connectivity index (χ1) is 8.72. The van der Waals surface area contributed by atoms with E-state index in [1.165, 1.54) is 31.7 Å². The molecule has 2 nitrogen and oxygen atoms in total. The van der Waals surface area contributed by atoms with Crippen LogP contribution in [0.2, 0.25) is 0 Å². The average Bonchev–Trinajstić information content (AvgIpc) is 2.94. The van der Waals surface area contributed by atoms with Crippen LogP contribution in [-0.2, 0) is 0 Å². The molecule has 2 aliphatic rings. The van der Waals surface area contributed by atoms with Crippen LogP contribution < -0.4 is 10.6 Å². The van der Waals surface area contributed by atoms with E-state index in [1.807, 2.05) is 0 Å². The maximum absolute atomic E-state index is 13.5. The van der Waals surface area contributed by atoms with Gasteiger partial charge in [0.2, 0.25) is 0 Å². The monoisotopic (exact) mass is 264 g/mol. The van der Waals surface area contributed by atoms with Crippen molar-refractivity contribution in [3.05, 3.63) is 30.1 Å². The van der Waals surface area contributed by atoms with Gasteiger partial charge in [-0.2, -0.15) is 0 Å². The number of para-hydroxylation sites is 1. The molecule has 2 fully saturated rings. The molecule has 0 aromatic heterocycles. The summed E-state index contributed by atoms with van der Waals surface area (Å²) < 4.78 is 13.5. The van der Waals surface area contributed by atoms with E-state index >= 15 is 0 Å². The van der Waals surface area contributed by atoms with Gasteiger partial charge in [-0.15, -0.1) is 0 Å². The van der Waals surface area contributed by atoms with Crippen molar-refractivity contribution in [2.24, 2.45) is 11.8 Å². The van der Waals surface area contributed by atoms with E-state index in [4.69, 9.17) is 12.2 Å². The molecule has 2 N–H and O–H groups in total. The lowest BCUT2D eigenvalue weighted by Gasteiger charge is -2.24. The van der Waals surface area contributed by atoms with Gasteiger partial charge in [0, 0.05) is 6.04 Å². The highest BCUT2D eigenvalue weighted by molar-refractivity contribution is 7.80. The van der Waals surface area contributed by atoms with Crippen LogP contribution in [0.3, 0.4) is 0 Å². The van der Waals surface area contributed by atoms with Crippen molar-refractivity contribution in [1.29, 1.82) is 0 Å². The summed E-state index contributed by atoms with van der Waals surface area (Å²) in [6, 6.07) is 7.08. The van der Waals surface area contributed by atoms with Crippen molar-refractivity contribution in [3.63, 3.8) is 0 Å². The van der Waals surface area contributed by atoms with Crippen molar-refractivity contribution in [1.82, 2.24) is 5.32 Å². The molecular weight excluding hydrogens is 247 g/mol. The molecule has 0 unspecified atom stereocenters. The summed E-state index contributed by atoms with van der Waals surface area (Å²) in [6.45, 7) is 0. The molecule has 3 atom stereocenters. The largest absolute Gasteiger partial charge is 0.359 e. The normalized spacial score (nSPS) is 29.3. The van der Waals surface area contributed by atoms with Crippen LogP contribution in [-0.4, -0.2) is 11.2 Å². The molecule has 0 spiro atoms. The molecule has 0 heterocycles. The van der Waals surface area contributed by atoms with Gasteiger partial charge in [0.15, 0.2) is 5.11 Å². The zero-order valence-corrected chi connectivity index (χ0v) is 11.0. The lowest BCUT2D eigenvalue weighted by Crippen LogP contribution is -2.40. The van der Waals surface area contributed by atoms with Gasteiger partial charge in [-0.1, -0.05) is 18.6 Å². The van der Waals surface area contributed by atoms with E-state index in [0.717, 1.165) is 11.8 Å². The Morgan fingerprint density at radius 3 is 2.72 bits per heavy atom. The highest BCUT2D eigenvalue weighted by Crippen LogP contribution is 2.44. The third kappa shape index (κ3) is 2.34. The number of nitrogens with one attached hydrogen (secondary N) is 2. The standard InChI is InChI=1S/C14H17FN2S/c15-11-3-1-2-4-12(11)16-14(18)17-13-8-9-5-6-10(13)7-9/h1-4,9-10,13H,5-8H2,(H2,16,17,18)/t9-,10+,13-/m0/s1. The van der Waals surface area contributed by atoms with E-state index in [1.54, 1.807) is 18.2 Å². The van der Waals surface area contributed by atoms with Gasteiger partial charge in [-0.3, -0.25) is 0 Å². The topological polar surface area (TPSA) is 24.1 Å². The summed E-state index contributed by atoms with van der Waals surface area (Å²) in [6.07, 6.45) is 5.23. The first-order valence-electron chi connectivity index (χ1n) is 6.54. The number of rotatable bonds is 2. The minimum Gasteiger partial charge on any atom is -0.359 e. The molecular formula is C14H17FN2S. The summed E-state index contributed by atoms with van der Waals surface area (Å²) in [7, 11) is 0. The van der Waals surface area contributed by atoms with Gasteiger partial charge in [-0.25, -0.2) is 4.39 Å². The summed E-state index contributed by atoms with van der Waals surface area (Å²) in [5.41, 5.74) is 0.443. The molecule has 2 bridgehead atoms. The van der Waals surface area contributed by atoms with E-state index in [0.29, 0.717) is 16.8 Å². The van der Waals surface area contributed by atoms with Crippen LogP contribution in [0.15, 0.2) is 24.3 Å². The zero-order chi connectivity index (χ0) is 12.5. The number of hydrogen-bond acceptors (Lipinski definition) is 1. The maximum Gasteiger partial charge on any atom is 0.171 e. The molecule has 0 saturated heterocycles. The predicted octanol–water partition coefficient (Wildman–Crippen LogP) is 3.30. The molecule has 2 aliphatic carbocycles.